The van der Waals surface area contributed by atoms with Gasteiger partial charge in [-0.25, -0.2) is 8.42 Å². The van der Waals surface area contributed by atoms with Crippen molar-refractivity contribution in [2.24, 2.45) is 0 Å². The monoisotopic (exact) mass is 402 g/mol. The van der Waals surface area contributed by atoms with E-state index in [9.17, 15) is 13.0 Å². The third-order valence-electron chi connectivity index (χ3n) is 4.74. The van der Waals surface area contributed by atoms with E-state index in [0.717, 1.165) is 19.3 Å². The van der Waals surface area contributed by atoms with Gasteiger partial charge in [-0.3, -0.25) is 0 Å². The summed E-state index contributed by atoms with van der Waals surface area (Å²) in [6, 6.07) is 0. The molecule has 1 unspecified atom stereocenters. The second-order valence-electron chi connectivity index (χ2n) is 7.01. The molecule has 0 saturated carbocycles. The van der Waals surface area contributed by atoms with Crippen LogP contribution in [0.25, 0.3) is 0 Å². The summed E-state index contributed by atoms with van der Waals surface area (Å²) >= 11 is 0. The first-order valence-corrected chi connectivity index (χ1v) is 11.5. The van der Waals surface area contributed by atoms with E-state index < -0.39 is 15.4 Å². The van der Waals surface area contributed by atoms with Gasteiger partial charge in [0.15, 0.2) is 0 Å². The van der Waals surface area contributed by atoms with Gasteiger partial charge in [-0.05, 0) is 12.8 Å². The van der Waals surface area contributed by atoms with E-state index in [0.29, 0.717) is 6.42 Å². The number of hydrogen-bond donors (Lipinski definition) is 1. The fraction of sp³-hybridized carbons (Fsp3) is 1.00. The van der Waals surface area contributed by atoms with Gasteiger partial charge in [0.1, 0.15) is 0 Å². The van der Waals surface area contributed by atoms with Gasteiger partial charge >= 0.3 is 51.4 Å². The van der Waals surface area contributed by atoms with E-state index in [1.54, 1.807) is 0 Å². The van der Waals surface area contributed by atoms with Gasteiger partial charge in [0, 0.05) is 6.61 Å². The van der Waals surface area contributed by atoms with E-state index in [1.807, 2.05) is 0 Å². The van der Waals surface area contributed by atoms with E-state index in [1.165, 1.54) is 70.6 Å². The summed E-state index contributed by atoms with van der Waals surface area (Å²) in [7, 11) is -4.26. The Kier molecular flexibility index (Phi) is 23.3. The summed E-state index contributed by atoms with van der Waals surface area (Å²) < 4.78 is 33.1. The molecule has 25 heavy (non-hydrogen) atoms. The van der Waals surface area contributed by atoms with Crippen molar-refractivity contribution in [1.82, 2.24) is 0 Å². The fourth-order valence-corrected chi connectivity index (χ4v) is 3.99. The topological polar surface area (TPSA) is 77.4 Å². The van der Waals surface area contributed by atoms with Gasteiger partial charge in [0.05, 0.1) is 15.4 Å². The number of unbranched alkanes of at least 4 members (excludes halogenated alkanes) is 13. The van der Waals surface area contributed by atoms with Crippen LogP contribution in [0, 0.1) is 0 Å². The first kappa shape index (κ1) is 28.7. The van der Waals surface area contributed by atoms with Crippen LogP contribution in [0.15, 0.2) is 0 Å². The smallest absolute Gasteiger partial charge is 0.748 e. The SMILES string of the molecule is CCCCCCCCCCCCCCCCC(CCO)S(=O)(=O)[O-].[K+]. The zero-order valence-electron chi connectivity index (χ0n) is 16.7. The molecule has 0 bridgehead atoms. The minimum absolute atomic E-state index is 0. The zero-order valence-corrected chi connectivity index (χ0v) is 20.6. The Morgan fingerprint density at radius 2 is 1.08 bits per heavy atom. The van der Waals surface area contributed by atoms with Crippen molar-refractivity contribution >= 4 is 10.1 Å². The minimum Gasteiger partial charge on any atom is -0.748 e. The van der Waals surface area contributed by atoms with Crippen molar-refractivity contribution in [2.45, 2.75) is 115 Å². The Morgan fingerprint density at radius 1 is 0.720 bits per heavy atom. The maximum absolute atomic E-state index is 11.0. The van der Waals surface area contributed by atoms with E-state index in [4.69, 9.17) is 5.11 Å². The Balaban J connectivity index is 0. The van der Waals surface area contributed by atoms with Crippen LogP contribution in [0.5, 0.6) is 0 Å². The van der Waals surface area contributed by atoms with E-state index in [2.05, 4.69) is 6.92 Å². The Hall–Kier alpha value is 1.51. The second kappa shape index (κ2) is 20.2. The minimum atomic E-state index is -4.26. The van der Waals surface area contributed by atoms with Crippen LogP contribution in [0.1, 0.15) is 110 Å². The zero-order chi connectivity index (χ0) is 18.1. The number of aliphatic hydroxyl groups excluding tert-OH is 1. The molecule has 0 spiro atoms. The normalized spacial score (nSPS) is 12.8. The Morgan fingerprint density at radius 3 is 1.40 bits per heavy atom. The van der Waals surface area contributed by atoms with E-state index >= 15 is 0 Å². The molecule has 0 aliphatic heterocycles. The first-order chi connectivity index (χ1) is 11.5. The molecule has 0 fully saturated rings. The third-order valence-corrected chi connectivity index (χ3v) is 6.03. The number of hydrogen-bond acceptors (Lipinski definition) is 4. The van der Waals surface area contributed by atoms with Gasteiger partial charge in [0.25, 0.3) is 0 Å². The number of aliphatic hydroxyl groups is 1. The van der Waals surface area contributed by atoms with Crippen LogP contribution in [0.2, 0.25) is 0 Å². The molecule has 1 atom stereocenters. The van der Waals surface area contributed by atoms with Crippen molar-refractivity contribution in [2.75, 3.05) is 6.61 Å². The van der Waals surface area contributed by atoms with Crippen LogP contribution in [-0.2, 0) is 10.1 Å². The van der Waals surface area contributed by atoms with Gasteiger partial charge in [0.2, 0.25) is 0 Å². The predicted molar refractivity (Wildman–Crippen MR) is 100 cm³/mol. The van der Waals surface area contributed by atoms with Crippen LogP contribution in [-0.4, -0.2) is 29.9 Å². The molecule has 0 aromatic carbocycles. The maximum Gasteiger partial charge on any atom is 1.00 e. The predicted octanol–water partition coefficient (Wildman–Crippen LogP) is 2.16. The molecular weight excluding hydrogens is 363 g/mol. The van der Waals surface area contributed by atoms with Gasteiger partial charge in [-0.1, -0.05) is 96.8 Å². The first-order valence-electron chi connectivity index (χ1n) is 10.1. The molecule has 0 aliphatic rings. The molecular formula is C19H39KO4S. The molecule has 0 heterocycles. The van der Waals surface area contributed by atoms with Crippen LogP contribution < -0.4 is 51.4 Å². The van der Waals surface area contributed by atoms with Crippen LogP contribution >= 0.6 is 0 Å². The van der Waals surface area contributed by atoms with Gasteiger partial charge < -0.3 is 9.66 Å². The van der Waals surface area contributed by atoms with Crippen molar-refractivity contribution in [1.29, 1.82) is 0 Å². The molecule has 6 heteroatoms. The van der Waals surface area contributed by atoms with Crippen molar-refractivity contribution in [3.63, 3.8) is 0 Å². The Labute approximate surface area is 199 Å². The summed E-state index contributed by atoms with van der Waals surface area (Å²) in [5, 5.41) is 7.91. The number of rotatable bonds is 18. The quantitative estimate of drug-likeness (QED) is 0.216. The average Bonchev–Trinajstić information content (AvgIpc) is 2.53. The average molecular weight is 403 g/mol. The molecule has 0 amide bonds. The Bertz CT molecular complexity index is 360. The summed E-state index contributed by atoms with van der Waals surface area (Å²) in [5.41, 5.74) is 0. The maximum atomic E-state index is 11.0. The third kappa shape index (κ3) is 20.1. The largest absolute Gasteiger partial charge is 1.00 e. The standard InChI is InChI=1S/C19H40O4S.K/c1-2-3-4-5-6-7-8-9-10-11-12-13-14-15-16-19(17-18-20)24(21,22)23;/h19-20H,2-18H2,1H3,(H,21,22,23);/q;+1/p-1. The molecule has 0 aromatic heterocycles. The molecule has 0 radical (unpaired) electrons. The van der Waals surface area contributed by atoms with E-state index in [-0.39, 0.29) is 64.4 Å². The summed E-state index contributed by atoms with van der Waals surface area (Å²) in [5.74, 6) is 0. The van der Waals surface area contributed by atoms with Crippen molar-refractivity contribution in [3.8, 4) is 0 Å². The second-order valence-corrected chi connectivity index (χ2v) is 8.66. The van der Waals surface area contributed by atoms with Crippen molar-refractivity contribution < 1.29 is 69.5 Å². The summed E-state index contributed by atoms with van der Waals surface area (Å²) in [6.45, 7) is 2.02. The van der Waals surface area contributed by atoms with Gasteiger partial charge in [-0.15, -0.1) is 0 Å². The van der Waals surface area contributed by atoms with Crippen LogP contribution in [0.4, 0.5) is 0 Å². The molecule has 0 rings (SSSR count). The molecule has 0 aliphatic carbocycles. The van der Waals surface area contributed by atoms with Crippen molar-refractivity contribution in [3.05, 3.63) is 0 Å². The molecule has 0 aromatic rings. The van der Waals surface area contributed by atoms with Crippen LogP contribution in [0.3, 0.4) is 0 Å². The fourth-order valence-electron chi connectivity index (χ4n) is 3.14. The molecule has 0 saturated heterocycles. The summed E-state index contributed by atoms with van der Waals surface area (Å²) in [4.78, 5) is 0. The molecule has 4 nitrogen and oxygen atoms in total. The van der Waals surface area contributed by atoms with Gasteiger partial charge in [-0.2, -0.15) is 0 Å². The molecule has 1 N–H and O–H groups in total. The summed E-state index contributed by atoms with van der Waals surface area (Å²) in [6.07, 6.45) is 18.0. The molecule has 146 valence electrons.